The van der Waals surface area contributed by atoms with Crippen LogP contribution in [0, 0.1) is 0 Å². The molecule has 1 N–H and O–H groups in total. The molecule has 1 aliphatic rings. The van der Waals surface area contributed by atoms with E-state index >= 15 is 0 Å². The molecule has 0 radical (unpaired) electrons. The Morgan fingerprint density at radius 1 is 0.917 bits per heavy atom. The molecular formula is C29H26N2O4S. The average Bonchev–Trinajstić information content (AvgIpc) is 3.30. The van der Waals surface area contributed by atoms with Crippen molar-refractivity contribution in [2.24, 2.45) is 4.36 Å². The second-order valence-electron chi connectivity index (χ2n) is 8.54. The fourth-order valence-corrected chi connectivity index (χ4v) is 4.82. The number of carbonyl (C=O) groups is 2. The van der Waals surface area contributed by atoms with Gasteiger partial charge in [-0.05, 0) is 46.4 Å². The van der Waals surface area contributed by atoms with Gasteiger partial charge in [-0.2, -0.15) is 12.8 Å². The maximum Gasteiger partial charge on any atom is 0.311 e. The molecule has 0 fully saturated rings. The Labute approximate surface area is 211 Å². The van der Waals surface area contributed by atoms with Crippen molar-refractivity contribution in [3.8, 4) is 0 Å². The Bertz CT molecular complexity index is 1430. The molecule has 1 aliphatic carbocycles. The Balaban J connectivity index is 0.000000251. The molecular weight excluding hydrogens is 472 g/mol. The van der Waals surface area contributed by atoms with Crippen LogP contribution in [0.5, 0.6) is 0 Å². The molecule has 2 atom stereocenters. The molecule has 0 heterocycles. The van der Waals surface area contributed by atoms with Crippen molar-refractivity contribution in [1.29, 1.82) is 0 Å². The van der Waals surface area contributed by atoms with Gasteiger partial charge in [-0.3, -0.25) is 9.59 Å². The largest absolute Gasteiger partial charge is 0.349 e. The molecule has 7 heteroatoms. The van der Waals surface area contributed by atoms with Crippen molar-refractivity contribution in [2.75, 3.05) is 0 Å². The van der Waals surface area contributed by atoms with Gasteiger partial charge < -0.3 is 5.32 Å². The Morgan fingerprint density at radius 2 is 1.53 bits per heavy atom. The van der Waals surface area contributed by atoms with Crippen LogP contribution < -0.4 is 5.32 Å². The molecule has 6 nitrogen and oxygen atoms in total. The first-order valence-electron chi connectivity index (χ1n) is 11.7. The fraction of sp³-hybridized carbons (Fsp3) is 0.172. The van der Waals surface area contributed by atoms with Gasteiger partial charge in [0.1, 0.15) is 12.3 Å². The summed E-state index contributed by atoms with van der Waals surface area (Å²) < 4.78 is 25.7. The molecule has 0 saturated heterocycles. The monoisotopic (exact) mass is 498 g/mol. The third-order valence-corrected chi connectivity index (χ3v) is 6.58. The number of fused-ring (bicyclic) bond motifs is 2. The van der Waals surface area contributed by atoms with Crippen LogP contribution in [-0.4, -0.2) is 20.6 Å². The third kappa shape index (κ3) is 6.52. The second kappa shape index (κ2) is 12.0. The van der Waals surface area contributed by atoms with E-state index in [4.69, 9.17) is 0 Å². The van der Waals surface area contributed by atoms with Gasteiger partial charge in [0.25, 0.3) is 0 Å². The van der Waals surface area contributed by atoms with Crippen LogP contribution in [0.15, 0.2) is 101 Å². The van der Waals surface area contributed by atoms with Crippen LogP contribution in [0.3, 0.4) is 0 Å². The summed E-state index contributed by atoms with van der Waals surface area (Å²) >= 11 is 0. The van der Waals surface area contributed by atoms with E-state index < -0.39 is 16.5 Å². The Kier molecular flexibility index (Phi) is 8.36. The van der Waals surface area contributed by atoms with Crippen molar-refractivity contribution in [2.45, 2.75) is 31.3 Å². The quantitative estimate of drug-likeness (QED) is 0.348. The molecule has 0 bridgehead atoms. The van der Waals surface area contributed by atoms with E-state index in [1.807, 2.05) is 18.2 Å². The minimum atomic E-state index is -2.59. The zero-order valence-electron chi connectivity index (χ0n) is 19.6. The van der Waals surface area contributed by atoms with Gasteiger partial charge in [0.2, 0.25) is 5.91 Å². The molecule has 5 rings (SSSR count). The maximum absolute atomic E-state index is 12.5. The Morgan fingerprint density at radius 3 is 2.11 bits per heavy atom. The molecule has 4 aromatic rings. The van der Waals surface area contributed by atoms with Gasteiger partial charge in [-0.25, -0.2) is 0 Å². The van der Waals surface area contributed by atoms with E-state index in [1.54, 1.807) is 30.3 Å². The highest BCUT2D eigenvalue weighted by Crippen LogP contribution is 2.32. The van der Waals surface area contributed by atoms with Crippen LogP contribution in [0.4, 0.5) is 0 Å². The first kappa shape index (κ1) is 25.0. The van der Waals surface area contributed by atoms with E-state index in [0.29, 0.717) is 11.1 Å². The fourth-order valence-electron chi connectivity index (χ4n) is 4.42. The number of hydrogen-bond acceptors (Lipinski definition) is 5. The lowest BCUT2D eigenvalue weighted by molar-refractivity contribution is -0.122. The highest BCUT2D eigenvalue weighted by Gasteiger charge is 2.25. The van der Waals surface area contributed by atoms with Crippen molar-refractivity contribution in [3.63, 3.8) is 0 Å². The standard InChI is InChI=1S/C19H18N2O4S.C10H8/c22-12-13-6-8-16-15(10-13)7-9-17(16)20-19(23)11-18(21-26(24)25)14-4-2-1-3-5-14;1-2-6-10-8-4-3-7-9(10)5-1/h1-6,8,10,12,17-18H,7,9,11H2,(H,20,23);1-8H. The van der Waals surface area contributed by atoms with Gasteiger partial charge in [0, 0.05) is 5.56 Å². The van der Waals surface area contributed by atoms with E-state index in [9.17, 15) is 18.0 Å². The molecule has 0 aromatic heterocycles. The van der Waals surface area contributed by atoms with Crippen molar-refractivity contribution in [3.05, 3.63) is 119 Å². The summed E-state index contributed by atoms with van der Waals surface area (Å²) in [5.74, 6) is -0.259. The van der Waals surface area contributed by atoms with Crippen molar-refractivity contribution < 1.29 is 18.0 Å². The topological polar surface area (TPSA) is 92.7 Å². The number of carbonyl (C=O) groups excluding carboxylic acids is 2. The number of aldehydes is 1. The smallest absolute Gasteiger partial charge is 0.311 e. The van der Waals surface area contributed by atoms with Gasteiger partial charge in [-0.15, -0.1) is 0 Å². The minimum Gasteiger partial charge on any atom is -0.349 e. The highest BCUT2D eigenvalue weighted by atomic mass is 32.2. The zero-order valence-corrected chi connectivity index (χ0v) is 20.4. The maximum atomic E-state index is 12.5. The average molecular weight is 499 g/mol. The molecule has 0 spiro atoms. The number of hydrogen-bond donors (Lipinski definition) is 1. The van der Waals surface area contributed by atoms with Crippen molar-refractivity contribution in [1.82, 2.24) is 5.32 Å². The molecule has 182 valence electrons. The third-order valence-electron chi connectivity index (χ3n) is 6.15. The highest BCUT2D eigenvalue weighted by molar-refractivity contribution is 7.61. The first-order valence-corrected chi connectivity index (χ1v) is 12.7. The molecule has 0 aliphatic heterocycles. The van der Waals surface area contributed by atoms with Crippen LogP contribution in [0.2, 0.25) is 0 Å². The summed E-state index contributed by atoms with van der Waals surface area (Å²) in [6, 6.07) is 30.2. The summed E-state index contributed by atoms with van der Waals surface area (Å²) in [4.78, 5) is 23.3. The van der Waals surface area contributed by atoms with Crippen molar-refractivity contribution >= 4 is 33.5 Å². The van der Waals surface area contributed by atoms with E-state index in [0.717, 1.165) is 30.3 Å². The van der Waals surface area contributed by atoms with Gasteiger partial charge in [-0.1, -0.05) is 91.0 Å². The number of nitrogens with one attached hydrogen (secondary N) is 1. The summed E-state index contributed by atoms with van der Waals surface area (Å²) in [7, 11) is -2.59. The predicted octanol–water partition coefficient (Wildman–Crippen LogP) is 5.64. The van der Waals surface area contributed by atoms with E-state index in [2.05, 4.69) is 58.2 Å². The van der Waals surface area contributed by atoms with E-state index in [-0.39, 0.29) is 18.4 Å². The van der Waals surface area contributed by atoms with Crippen LogP contribution in [0.1, 0.15) is 52.0 Å². The summed E-state index contributed by atoms with van der Waals surface area (Å²) in [5.41, 5.74) is 3.36. The lowest BCUT2D eigenvalue weighted by Gasteiger charge is -2.16. The Hall–Kier alpha value is -4.10. The van der Waals surface area contributed by atoms with Crippen LogP contribution >= 0.6 is 0 Å². The van der Waals surface area contributed by atoms with Crippen LogP contribution in [0.25, 0.3) is 10.8 Å². The minimum absolute atomic E-state index is 0.0454. The number of benzene rings is 4. The van der Waals surface area contributed by atoms with Gasteiger partial charge in [0.15, 0.2) is 0 Å². The second-order valence-corrected chi connectivity index (χ2v) is 9.18. The van der Waals surface area contributed by atoms with Crippen LogP contribution in [-0.2, 0) is 21.7 Å². The summed E-state index contributed by atoms with van der Waals surface area (Å²) in [6.07, 6.45) is 2.31. The SMILES string of the molecule is O=Cc1ccc2c(c1)CCC2NC(=O)CC(N=S(=O)=O)c1ccccc1.c1ccc2ccccc2c1. The van der Waals surface area contributed by atoms with Gasteiger partial charge >= 0.3 is 10.5 Å². The first-order chi connectivity index (χ1) is 17.5. The molecule has 36 heavy (non-hydrogen) atoms. The lowest BCUT2D eigenvalue weighted by Crippen LogP contribution is -2.28. The van der Waals surface area contributed by atoms with E-state index in [1.165, 1.54) is 10.8 Å². The molecule has 4 aromatic carbocycles. The molecule has 0 saturated carbocycles. The lowest BCUT2D eigenvalue weighted by atomic mass is 10.0. The number of nitrogens with zero attached hydrogens (tertiary/aromatic N) is 1. The number of aryl methyl sites for hydroxylation is 1. The molecule has 1 amide bonds. The number of amides is 1. The van der Waals surface area contributed by atoms with Gasteiger partial charge in [0.05, 0.1) is 12.5 Å². The molecule has 2 unspecified atom stereocenters. The zero-order chi connectivity index (χ0) is 25.3. The summed E-state index contributed by atoms with van der Waals surface area (Å²) in [5, 5.41) is 5.58. The summed E-state index contributed by atoms with van der Waals surface area (Å²) in [6.45, 7) is 0. The number of rotatable bonds is 6. The predicted molar refractivity (Wildman–Crippen MR) is 140 cm³/mol. The normalized spacial score (nSPS) is 14.6.